The van der Waals surface area contributed by atoms with Gasteiger partial charge in [0.25, 0.3) is 0 Å². The predicted octanol–water partition coefficient (Wildman–Crippen LogP) is 5.49. The van der Waals surface area contributed by atoms with Crippen LogP contribution < -0.4 is 18.9 Å². The summed E-state index contributed by atoms with van der Waals surface area (Å²) in [5.74, 6) is 1.28. The molecule has 0 aromatic heterocycles. The Hall–Kier alpha value is -2.32. The van der Waals surface area contributed by atoms with Crippen LogP contribution in [0.25, 0.3) is 0 Å². The molecule has 216 valence electrons. The van der Waals surface area contributed by atoms with Crippen LogP contribution in [0.2, 0.25) is 0 Å². The Bertz CT molecular complexity index is 845. The Morgan fingerprint density at radius 1 is 1.00 bits per heavy atom. The minimum absolute atomic E-state index is 0.0863. The van der Waals surface area contributed by atoms with Gasteiger partial charge in [0.05, 0.1) is 33.5 Å². The minimum atomic E-state index is -0.615. The fourth-order valence-electron chi connectivity index (χ4n) is 5.73. The number of Topliss-reactive ketones (excluding diaryl/α,β-unsaturated/α-hetero) is 1. The van der Waals surface area contributed by atoms with E-state index in [1.807, 2.05) is 0 Å². The highest BCUT2D eigenvalue weighted by atomic mass is 16.5. The average Bonchev–Trinajstić information content (AvgIpc) is 3.17. The SMILES string of the molecule is CCCCC[C@H](O)CC(C)[C@H]1[C@H](O)CC(=O)[C@@H]1CCCCCCC(=O)Oc1cc(OC)c(OC)c(OC)c1. The summed E-state index contributed by atoms with van der Waals surface area (Å²) in [6.45, 7) is 4.20. The molecule has 0 bridgehead atoms. The Kier molecular flexibility index (Phi) is 13.9. The molecule has 1 aromatic carbocycles. The smallest absolute Gasteiger partial charge is 0.311 e. The first-order valence-electron chi connectivity index (χ1n) is 14.1. The molecule has 1 unspecified atom stereocenters. The summed E-state index contributed by atoms with van der Waals surface area (Å²) in [4.78, 5) is 24.9. The third-order valence-electron chi connectivity index (χ3n) is 7.69. The van der Waals surface area contributed by atoms with Gasteiger partial charge in [-0.05, 0) is 37.5 Å². The van der Waals surface area contributed by atoms with Crippen LogP contribution in [0.4, 0.5) is 0 Å². The molecule has 2 N–H and O–H groups in total. The van der Waals surface area contributed by atoms with Gasteiger partial charge in [0.1, 0.15) is 11.5 Å². The van der Waals surface area contributed by atoms with E-state index in [1.54, 1.807) is 12.1 Å². The topological polar surface area (TPSA) is 112 Å². The van der Waals surface area contributed by atoms with Crippen molar-refractivity contribution in [2.45, 2.75) is 103 Å². The third-order valence-corrected chi connectivity index (χ3v) is 7.69. The van der Waals surface area contributed by atoms with Gasteiger partial charge in [0.2, 0.25) is 5.75 Å². The quantitative estimate of drug-likeness (QED) is 0.144. The molecule has 0 saturated heterocycles. The highest BCUT2D eigenvalue weighted by molar-refractivity contribution is 5.84. The van der Waals surface area contributed by atoms with Crippen LogP contribution in [0.15, 0.2) is 12.1 Å². The van der Waals surface area contributed by atoms with Gasteiger partial charge in [0.15, 0.2) is 11.5 Å². The number of unbranched alkanes of at least 4 members (excludes halogenated alkanes) is 5. The summed E-state index contributed by atoms with van der Waals surface area (Å²) in [6.07, 6.45) is 8.22. The molecule has 1 saturated carbocycles. The molecule has 8 nitrogen and oxygen atoms in total. The molecule has 8 heteroatoms. The zero-order valence-corrected chi connectivity index (χ0v) is 23.9. The molecule has 1 aromatic rings. The van der Waals surface area contributed by atoms with E-state index < -0.39 is 6.10 Å². The summed E-state index contributed by atoms with van der Waals surface area (Å²) < 4.78 is 21.3. The molecule has 0 aliphatic heterocycles. The zero-order valence-electron chi connectivity index (χ0n) is 23.9. The van der Waals surface area contributed by atoms with E-state index in [-0.39, 0.29) is 48.5 Å². The number of hydrogen-bond acceptors (Lipinski definition) is 8. The number of rotatable bonds is 18. The monoisotopic (exact) mass is 536 g/mol. The second-order valence-electron chi connectivity index (χ2n) is 10.6. The van der Waals surface area contributed by atoms with Crippen LogP contribution in [-0.2, 0) is 9.59 Å². The van der Waals surface area contributed by atoms with Gasteiger partial charge in [-0.25, -0.2) is 0 Å². The summed E-state index contributed by atoms with van der Waals surface area (Å²) >= 11 is 0. The second-order valence-corrected chi connectivity index (χ2v) is 10.6. The lowest BCUT2D eigenvalue weighted by Crippen LogP contribution is -2.29. The van der Waals surface area contributed by atoms with Crippen LogP contribution in [0.1, 0.15) is 90.9 Å². The minimum Gasteiger partial charge on any atom is -0.493 e. The molecule has 0 spiro atoms. The summed E-state index contributed by atoms with van der Waals surface area (Å²) in [7, 11) is 4.52. The maximum atomic E-state index is 12.6. The van der Waals surface area contributed by atoms with Crippen LogP contribution in [-0.4, -0.2) is 55.5 Å². The van der Waals surface area contributed by atoms with Gasteiger partial charge in [-0.2, -0.15) is 0 Å². The lowest BCUT2D eigenvalue weighted by atomic mass is 9.78. The van der Waals surface area contributed by atoms with Crippen molar-refractivity contribution in [3.63, 3.8) is 0 Å². The van der Waals surface area contributed by atoms with Gasteiger partial charge >= 0.3 is 5.97 Å². The van der Waals surface area contributed by atoms with Crippen molar-refractivity contribution in [3.05, 3.63) is 12.1 Å². The first kappa shape index (κ1) is 31.9. The molecule has 0 heterocycles. The van der Waals surface area contributed by atoms with Crippen molar-refractivity contribution < 1.29 is 38.7 Å². The third kappa shape index (κ3) is 9.45. The molecule has 2 rings (SSSR count). The summed E-state index contributed by atoms with van der Waals surface area (Å²) in [5, 5.41) is 21.0. The van der Waals surface area contributed by atoms with E-state index in [1.165, 1.54) is 21.3 Å². The van der Waals surface area contributed by atoms with Crippen molar-refractivity contribution in [2.75, 3.05) is 21.3 Å². The van der Waals surface area contributed by atoms with Gasteiger partial charge < -0.3 is 29.2 Å². The number of carbonyl (C=O) groups is 2. The van der Waals surface area contributed by atoms with E-state index in [9.17, 15) is 19.8 Å². The van der Waals surface area contributed by atoms with Crippen LogP contribution >= 0.6 is 0 Å². The highest BCUT2D eigenvalue weighted by Gasteiger charge is 2.43. The molecule has 0 radical (unpaired) electrons. The lowest BCUT2D eigenvalue weighted by molar-refractivity contribution is -0.134. The Morgan fingerprint density at radius 3 is 2.26 bits per heavy atom. The molecular formula is C30H48O8. The number of esters is 1. The predicted molar refractivity (Wildman–Crippen MR) is 146 cm³/mol. The van der Waals surface area contributed by atoms with Gasteiger partial charge in [-0.1, -0.05) is 52.4 Å². The Labute approximate surface area is 228 Å². The summed E-state index contributed by atoms with van der Waals surface area (Å²) in [6, 6.07) is 3.18. The van der Waals surface area contributed by atoms with E-state index in [0.717, 1.165) is 51.4 Å². The fraction of sp³-hybridized carbons (Fsp3) is 0.733. The van der Waals surface area contributed by atoms with Crippen molar-refractivity contribution in [1.82, 2.24) is 0 Å². The Balaban J connectivity index is 1.75. The molecular weight excluding hydrogens is 488 g/mol. The Morgan fingerprint density at radius 2 is 1.66 bits per heavy atom. The van der Waals surface area contributed by atoms with Gasteiger partial charge in [-0.15, -0.1) is 0 Å². The maximum absolute atomic E-state index is 12.6. The molecule has 0 amide bonds. The number of ether oxygens (including phenoxy) is 4. The second kappa shape index (κ2) is 16.6. The van der Waals surface area contributed by atoms with Gasteiger partial charge in [-0.3, -0.25) is 9.59 Å². The van der Waals surface area contributed by atoms with Crippen LogP contribution in [0, 0.1) is 17.8 Å². The van der Waals surface area contributed by atoms with Crippen molar-refractivity contribution in [3.8, 4) is 23.0 Å². The molecule has 38 heavy (non-hydrogen) atoms. The number of hydrogen-bond donors (Lipinski definition) is 2. The average molecular weight is 537 g/mol. The van der Waals surface area contributed by atoms with Crippen molar-refractivity contribution in [2.24, 2.45) is 17.8 Å². The number of ketones is 1. The lowest BCUT2D eigenvalue weighted by Gasteiger charge is -2.29. The van der Waals surface area contributed by atoms with Crippen molar-refractivity contribution in [1.29, 1.82) is 0 Å². The number of aliphatic hydroxyl groups is 2. The number of methoxy groups -OCH3 is 3. The highest BCUT2D eigenvalue weighted by Crippen LogP contribution is 2.41. The normalized spacial score (nSPS) is 20.7. The van der Waals surface area contributed by atoms with E-state index in [0.29, 0.717) is 35.8 Å². The van der Waals surface area contributed by atoms with Crippen LogP contribution in [0.5, 0.6) is 23.0 Å². The number of benzene rings is 1. The van der Waals surface area contributed by atoms with E-state index >= 15 is 0 Å². The van der Waals surface area contributed by atoms with Gasteiger partial charge in [0, 0.05) is 30.9 Å². The van der Waals surface area contributed by atoms with Crippen molar-refractivity contribution >= 4 is 11.8 Å². The molecule has 1 aliphatic rings. The molecule has 5 atom stereocenters. The molecule has 1 fully saturated rings. The largest absolute Gasteiger partial charge is 0.493 e. The maximum Gasteiger partial charge on any atom is 0.311 e. The number of carbonyl (C=O) groups excluding carboxylic acids is 2. The standard InChI is InChI=1S/C30H48O8/c1-6-7-10-13-21(31)16-20(2)29-23(24(32)19-25(29)33)14-11-8-9-12-15-28(34)38-22-17-26(35-3)30(37-5)27(18-22)36-4/h17-18,20-21,23,25,29,31,33H,6-16,19H2,1-5H3/t20?,21-,23-,25+,29+/m0/s1. The summed E-state index contributed by atoms with van der Waals surface area (Å²) in [5.41, 5.74) is 0. The van der Waals surface area contributed by atoms with E-state index in [4.69, 9.17) is 18.9 Å². The van der Waals surface area contributed by atoms with E-state index in [2.05, 4.69) is 13.8 Å². The van der Waals surface area contributed by atoms with Crippen LogP contribution in [0.3, 0.4) is 0 Å². The number of aliphatic hydroxyl groups excluding tert-OH is 2. The zero-order chi connectivity index (χ0) is 28.1. The first-order chi connectivity index (χ1) is 18.2. The fourth-order valence-corrected chi connectivity index (χ4v) is 5.73. The first-order valence-corrected chi connectivity index (χ1v) is 14.1. The molecule has 1 aliphatic carbocycles.